The summed E-state index contributed by atoms with van der Waals surface area (Å²) in [6, 6.07) is 22.5. The molecule has 3 aromatic heterocycles. The third-order valence-corrected chi connectivity index (χ3v) is 6.62. The molecule has 36 heavy (non-hydrogen) atoms. The second-order valence-corrected chi connectivity index (χ2v) is 9.06. The fourth-order valence-corrected chi connectivity index (χ4v) is 4.50. The summed E-state index contributed by atoms with van der Waals surface area (Å²) in [7, 11) is 0. The summed E-state index contributed by atoms with van der Waals surface area (Å²) >= 11 is 6.44. The Morgan fingerprint density at radius 1 is 1.08 bits per heavy atom. The van der Waals surface area contributed by atoms with E-state index in [9.17, 15) is 9.59 Å². The van der Waals surface area contributed by atoms with Crippen molar-refractivity contribution in [1.29, 1.82) is 0 Å². The second-order valence-electron chi connectivity index (χ2n) is 8.65. The normalized spacial score (nSPS) is 11.2. The lowest BCUT2D eigenvalue weighted by molar-refractivity contribution is -0.649. The van der Waals surface area contributed by atoms with Gasteiger partial charge >= 0.3 is 0 Å². The number of halogens is 1. The van der Waals surface area contributed by atoms with Crippen LogP contribution in [-0.4, -0.2) is 21.8 Å². The highest BCUT2D eigenvalue weighted by Gasteiger charge is 2.25. The number of nitrogens with two attached hydrogens (primary N) is 1. The van der Waals surface area contributed by atoms with Crippen molar-refractivity contribution < 1.29 is 9.36 Å². The van der Waals surface area contributed by atoms with Crippen LogP contribution in [0.2, 0.25) is 5.02 Å². The number of aryl methyl sites for hydroxylation is 1. The van der Waals surface area contributed by atoms with E-state index in [1.165, 1.54) is 10.5 Å². The van der Waals surface area contributed by atoms with Crippen molar-refractivity contribution in [2.75, 3.05) is 12.3 Å². The third kappa shape index (κ3) is 4.41. The van der Waals surface area contributed by atoms with Crippen LogP contribution in [0.1, 0.15) is 27.0 Å². The minimum Gasteiger partial charge on any atom is -0.351 e. The van der Waals surface area contributed by atoms with Crippen molar-refractivity contribution in [3.8, 4) is 0 Å². The van der Waals surface area contributed by atoms with Crippen LogP contribution >= 0.6 is 11.6 Å². The topological polar surface area (TPSA) is 93.4 Å². The summed E-state index contributed by atoms with van der Waals surface area (Å²) in [5.74, 6) is -0.142. The van der Waals surface area contributed by atoms with Crippen LogP contribution in [0.15, 0.2) is 83.8 Å². The lowest BCUT2D eigenvalue weighted by Crippen LogP contribution is -2.43. The number of anilines is 1. The predicted octanol–water partition coefficient (Wildman–Crippen LogP) is 3.70. The van der Waals surface area contributed by atoms with Gasteiger partial charge in [0.2, 0.25) is 11.5 Å². The van der Waals surface area contributed by atoms with Crippen molar-refractivity contribution in [3.63, 3.8) is 0 Å². The molecule has 0 radical (unpaired) electrons. The Kier molecular flexibility index (Phi) is 6.40. The van der Waals surface area contributed by atoms with Crippen LogP contribution in [0.25, 0.3) is 16.7 Å². The number of nitrogens with zero attached hydrogens (tertiary/aromatic N) is 3. The Hall–Kier alpha value is -4.23. The molecule has 180 valence electrons. The van der Waals surface area contributed by atoms with E-state index in [1.54, 1.807) is 22.9 Å². The highest BCUT2D eigenvalue weighted by Crippen LogP contribution is 2.19. The van der Waals surface area contributed by atoms with Crippen molar-refractivity contribution in [2.24, 2.45) is 0 Å². The van der Waals surface area contributed by atoms with Gasteiger partial charge in [-0.05, 0) is 37.1 Å². The minimum atomic E-state index is -0.355. The fraction of sp³-hybridized carbons (Fsp3) is 0.143. The highest BCUT2D eigenvalue weighted by atomic mass is 35.5. The second kappa shape index (κ2) is 9.79. The Balaban J connectivity index is 1.63. The summed E-state index contributed by atoms with van der Waals surface area (Å²) in [4.78, 5) is 31.5. The fourth-order valence-electron chi connectivity index (χ4n) is 4.31. The largest absolute Gasteiger partial charge is 0.351 e. The van der Waals surface area contributed by atoms with E-state index >= 15 is 0 Å². The van der Waals surface area contributed by atoms with Crippen molar-refractivity contribution in [3.05, 3.63) is 117 Å². The Bertz CT molecular complexity index is 1660. The van der Waals surface area contributed by atoms with Gasteiger partial charge in [-0.25, -0.2) is 4.57 Å². The van der Waals surface area contributed by atoms with E-state index in [1.807, 2.05) is 61.5 Å². The molecule has 1 amide bonds. The summed E-state index contributed by atoms with van der Waals surface area (Å²) in [6.07, 6.45) is 2.35. The number of amides is 1. The molecule has 3 N–H and O–H groups in total. The van der Waals surface area contributed by atoms with E-state index in [-0.39, 0.29) is 29.4 Å². The van der Waals surface area contributed by atoms with E-state index in [0.29, 0.717) is 34.7 Å². The molecule has 0 saturated carbocycles. The van der Waals surface area contributed by atoms with E-state index in [4.69, 9.17) is 22.3 Å². The van der Waals surface area contributed by atoms with Crippen LogP contribution in [0.5, 0.6) is 0 Å². The van der Waals surface area contributed by atoms with Gasteiger partial charge in [0.25, 0.3) is 17.1 Å². The van der Waals surface area contributed by atoms with Crippen molar-refractivity contribution in [1.82, 2.24) is 14.7 Å². The molecular weight excluding hydrogens is 474 g/mol. The van der Waals surface area contributed by atoms with Gasteiger partial charge in [0.15, 0.2) is 0 Å². The average Bonchev–Trinajstić information content (AvgIpc) is 2.88. The Labute approximate surface area is 212 Å². The zero-order chi connectivity index (χ0) is 25.2. The maximum atomic E-state index is 13.5. The van der Waals surface area contributed by atoms with Gasteiger partial charge < -0.3 is 11.1 Å². The number of hydrogen-bond acceptors (Lipinski definition) is 4. The first-order valence-corrected chi connectivity index (χ1v) is 12.0. The van der Waals surface area contributed by atoms with Gasteiger partial charge in [-0.3, -0.25) is 14.0 Å². The van der Waals surface area contributed by atoms with E-state index in [0.717, 1.165) is 16.7 Å². The molecule has 0 spiro atoms. The molecule has 0 unspecified atom stereocenters. The number of nitrogen functional groups attached to an aromatic ring is 1. The van der Waals surface area contributed by atoms with E-state index < -0.39 is 0 Å². The molecule has 2 aromatic carbocycles. The van der Waals surface area contributed by atoms with Gasteiger partial charge in [-0.15, -0.1) is 0 Å². The molecule has 8 heteroatoms. The maximum Gasteiger partial charge on any atom is 0.278 e. The molecule has 5 aromatic rings. The van der Waals surface area contributed by atoms with Gasteiger partial charge in [-0.2, -0.15) is 0 Å². The van der Waals surface area contributed by atoms with Crippen LogP contribution < -0.4 is 21.2 Å². The number of nitrogens with one attached hydrogen (secondary N) is 1. The summed E-state index contributed by atoms with van der Waals surface area (Å²) in [5, 5.41) is 3.79. The number of hydrogen-bond donors (Lipinski definition) is 2. The number of aromatic nitrogens is 3. The molecule has 0 bridgehead atoms. The number of pyridine rings is 2. The first kappa shape index (κ1) is 23.5. The summed E-state index contributed by atoms with van der Waals surface area (Å²) in [5.41, 5.74) is 10.2. The van der Waals surface area contributed by atoms with Crippen LogP contribution in [0, 0.1) is 6.92 Å². The number of carbonyl (C=O) groups is 1. The van der Waals surface area contributed by atoms with Crippen molar-refractivity contribution >= 4 is 40.0 Å². The van der Waals surface area contributed by atoms with Gasteiger partial charge in [0, 0.05) is 28.9 Å². The quantitative estimate of drug-likeness (QED) is 0.276. The standard InChI is InChI=1S/C28H24ClN5O2/c1-18-8-7-15-33-25(18)32-26-22(28(33)36)16-21(27(35)31-14-13-19-9-3-2-4-10-19)24(30)34(26)17-20-11-5-6-12-23(20)29/h2-12,15-16,30H,13-14,17H2,1H3,(H,31,35)/p+1. The van der Waals surface area contributed by atoms with Gasteiger partial charge in [-0.1, -0.05) is 71.2 Å². The van der Waals surface area contributed by atoms with Crippen LogP contribution in [0.3, 0.4) is 0 Å². The minimum absolute atomic E-state index is 0.212. The molecule has 5 rings (SSSR count). The molecule has 7 nitrogen and oxygen atoms in total. The molecule has 0 atom stereocenters. The monoisotopic (exact) mass is 498 g/mol. The van der Waals surface area contributed by atoms with E-state index in [2.05, 4.69) is 5.32 Å². The lowest BCUT2D eigenvalue weighted by Gasteiger charge is -2.13. The number of benzene rings is 2. The molecule has 0 aliphatic heterocycles. The third-order valence-electron chi connectivity index (χ3n) is 6.25. The maximum absolute atomic E-state index is 13.5. The SMILES string of the molecule is Cc1cccn2c(=O)c3cc(C(=O)NCCc4ccccc4)c(N)[n+](Cc4ccccc4Cl)c3nc12. The Morgan fingerprint density at radius 2 is 1.83 bits per heavy atom. The number of carbonyl (C=O) groups excluding carboxylic acids is 1. The van der Waals surface area contributed by atoms with Gasteiger partial charge in [0.1, 0.15) is 10.9 Å². The zero-order valence-corrected chi connectivity index (χ0v) is 20.5. The molecule has 3 heterocycles. The average molecular weight is 499 g/mol. The predicted molar refractivity (Wildman–Crippen MR) is 141 cm³/mol. The first-order valence-electron chi connectivity index (χ1n) is 11.6. The Morgan fingerprint density at radius 3 is 2.61 bits per heavy atom. The molecule has 0 fully saturated rings. The van der Waals surface area contributed by atoms with Gasteiger partial charge in [0.05, 0.1) is 6.54 Å². The first-order chi connectivity index (χ1) is 17.4. The summed E-state index contributed by atoms with van der Waals surface area (Å²) < 4.78 is 3.18. The summed E-state index contributed by atoms with van der Waals surface area (Å²) in [6.45, 7) is 2.57. The lowest BCUT2D eigenvalue weighted by atomic mass is 10.1. The van der Waals surface area contributed by atoms with Crippen molar-refractivity contribution in [2.45, 2.75) is 19.9 Å². The molecular formula is C28H25ClN5O2+. The van der Waals surface area contributed by atoms with Crippen LogP contribution in [0.4, 0.5) is 5.82 Å². The highest BCUT2D eigenvalue weighted by molar-refractivity contribution is 6.31. The molecule has 0 saturated heterocycles. The zero-order valence-electron chi connectivity index (χ0n) is 19.7. The van der Waals surface area contributed by atoms with Crippen LogP contribution in [-0.2, 0) is 13.0 Å². The number of rotatable bonds is 6. The molecule has 0 aliphatic rings. The smallest absolute Gasteiger partial charge is 0.278 e. The molecule has 0 aliphatic carbocycles. The number of fused-ring (bicyclic) bond motifs is 2.